The van der Waals surface area contributed by atoms with Crippen LogP contribution in [-0.2, 0) is 6.54 Å². The lowest BCUT2D eigenvalue weighted by Crippen LogP contribution is -2.29. The minimum Gasteiger partial charge on any atom is -0.467 e. The normalized spacial score (nSPS) is 11.2. The zero-order valence-corrected chi connectivity index (χ0v) is 17.4. The second-order valence-corrected chi connectivity index (χ2v) is 9.45. The summed E-state index contributed by atoms with van der Waals surface area (Å²) in [7, 11) is 0. The van der Waals surface area contributed by atoms with Crippen LogP contribution in [0.4, 0.5) is 5.13 Å². The van der Waals surface area contributed by atoms with E-state index >= 15 is 0 Å². The molecule has 1 aromatic carbocycles. The predicted molar refractivity (Wildman–Crippen MR) is 110 cm³/mol. The average molecular weight is 447 g/mol. The fourth-order valence-electron chi connectivity index (χ4n) is 2.63. The van der Waals surface area contributed by atoms with Crippen molar-refractivity contribution < 1.29 is 9.21 Å². The van der Waals surface area contributed by atoms with Crippen LogP contribution in [0.5, 0.6) is 0 Å². The molecule has 0 aliphatic heterocycles. The van der Waals surface area contributed by atoms with Gasteiger partial charge in [0.2, 0.25) is 0 Å². The number of thiophene rings is 1. The molecular weight excluding hydrogens is 432 g/mol. The topological polar surface area (TPSA) is 46.3 Å². The number of furan rings is 1. The highest BCUT2D eigenvalue weighted by Gasteiger charge is 2.24. The Morgan fingerprint density at radius 2 is 2.00 bits per heavy atom. The monoisotopic (exact) mass is 446 g/mol. The lowest BCUT2D eigenvalue weighted by Gasteiger charge is -2.17. The van der Waals surface area contributed by atoms with Crippen molar-refractivity contribution in [3.8, 4) is 0 Å². The van der Waals surface area contributed by atoms with Gasteiger partial charge in [0.05, 0.1) is 31.7 Å². The van der Waals surface area contributed by atoms with Crippen LogP contribution in [0.3, 0.4) is 0 Å². The number of hydrogen-bond acceptors (Lipinski definition) is 5. The number of hydrogen-bond donors (Lipinski definition) is 0. The van der Waals surface area contributed by atoms with Crippen LogP contribution in [0.2, 0.25) is 0 Å². The second kappa shape index (κ2) is 6.98. The first-order chi connectivity index (χ1) is 12.5. The number of amides is 1. The zero-order chi connectivity index (χ0) is 18.3. The van der Waals surface area contributed by atoms with Crippen molar-refractivity contribution >= 4 is 59.9 Å². The van der Waals surface area contributed by atoms with Crippen molar-refractivity contribution in [2.75, 3.05) is 4.90 Å². The summed E-state index contributed by atoms with van der Waals surface area (Å²) in [6.45, 7) is 4.50. The summed E-state index contributed by atoms with van der Waals surface area (Å²) in [5, 5.41) is 0.677. The molecule has 0 aliphatic carbocycles. The quantitative estimate of drug-likeness (QED) is 0.376. The average Bonchev–Trinajstić information content (AvgIpc) is 3.33. The van der Waals surface area contributed by atoms with Crippen molar-refractivity contribution in [3.05, 3.63) is 68.2 Å². The molecule has 0 radical (unpaired) electrons. The van der Waals surface area contributed by atoms with Gasteiger partial charge in [-0.2, -0.15) is 0 Å². The minimum atomic E-state index is -0.0791. The molecule has 4 rings (SSSR count). The summed E-state index contributed by atoms with van der Waals surface area (Å²) in [5.74, 6) is 0.644. The van der Waals surface area contributed by atoms with Gasteiger partial charge in [-0.25, -0.2) is 4.98 Å². The Bertz CT molecular complexity index is 1040. The lowest BCUT2D eigenvalue weighted by molar-refractivity contribution is 0.0987. The summed E-state index contributed by atoms with van der Waals surface area (Å²) in [6.07, 6.45) is 1.62. The number of aryl methyl sites for hydroxylation is 2. The Kier molecular flexibility index (Phi) is 4.69. The molecule has 3 aromatic heterocycles. The molecule has 0 saturated heterocycles. The summed E-state index contributed by atoms with van der Waals surface area (Å²) in [6, 6.07) is 11.6. The van der Waals surface area contributed by atoms with Gasteiger partial charge in [0, 0.05) is 0 Å². The molecule has 0 unspecified atom stereocenters. The molecule has 0 N–H and O–H groups in total. The number of carbonyl (C=O) groups is 1. The van der Waals surface area contributed by atoms with Crippen molar-refractivity contribution in [1.29, 1.82) is 0 Å². The third kappa shape index (κ3) is 3.34. The van der Waals surface area contributed by atoms with Crippen LogP contribution in [-0.4, -0.2) is 10.9 Å². The predicted octanol–water partition coefficient (Wildman–Crippen LogP) is 6.18. The molecule has 1 amide bonds. The van der Waals surface area contributed by atoms with E-state index in [1.165, 1.54) is 33.8 Å². The molecule has 26 heavy (non-hydrogen) atoms. The number of thiazole rings is 1. The largest absolute Gasteiger partial charge is 0.467 e. The summed E-state index contributed by atoms with van der Waals surface area (Å²) < 4.78 is 7.47. The van der Waals surface area contributed by atoms with E-state index in [4.69, 9.17) is 9.40 Å². The maximum atomic E-state index is 13.1. The highest BCUT2D eigenvalue weighted by atomic mass is 79.9. The van der Waals surface area contributed by atoms with Gasteiger partial charge in [-0.05, 0) is 77.3 Å². The van der Waals surface area contributed by atoms with E-state index < -0.39 is 0 Å². The van der Waals surface area contributed by atoms with Crippen molar-refractivity contribution in [2.24, 2.45) is 0 Å². The number of benzene rings is 1. The number of aromatic nitrogens is 1. The Labute approximate surface area is 167 Å². The fraction of sp³-hybridized carbons (Fsp3) is 0.158. The van der Waals surface area contributed by atoms with Crippen molar-refractivity contribution in [2.45, 2.75) is 20.4 Å². The van der Waals surface area contributed by atoms with Crippen LogP contribution in [0, 0.1) is 13.8 Å². The van der Waals surface area contributed by atoms with E-state index in [1.54, 1.807) is 11.2 Å². The highest BCUT2D eigenvalue weighted by Crippen LogP contribution is 2.33. The first-order valence-electron chi connectivity index (χ1n) is 7.98. The van der Waals surface area contributed by atoms with Crippen LogP contribution >= 0.6 is 38.6 Å². The maximum absolute atomic E-state index is 13.1. The standard InChI is InChI=1S/C19H15BrN2O2S2/c1-11-8-14-16(9-12(11)2)26-19(21-14)22(10-13-4-3-7-24-13)18(23)15-5-6-17(20)25-15/h3-9H,10H2,1-2H3. The van der Waals surface area contributed by atoms with E-state index in [9.17, 15) is 4.79 Å². The SMILES string of the molecule is Cc1cc2nc(N(Cc3ccco3)C(=O)c3ccc(Br)s3)sc2cc1C. The van der Waals surface area contributed by atoms with E-state index in [0.29, 0.717) is 16.6 Å². The Hall–Kier alpha value is -1.96. The Balaban J connectivity index is 1.78. The third-order valence-corrected chi connectivity index (χ3v) is 6.80. The van der Waals surface area contributed by atoms with Gasteiger partial charge in [0.15, 0.2) is 5.13 Å². The molecule has 0 aliphatic rings. The molecule has 3 heterocycles. The van der Waals surface area contributed by atoms with Gasteiger partial charge in [-0.1, -0.05) is 11.3 Å². The van der Waals surface area contributed by atoms with Crippen LogP contribution in [0.25, 0.3) is 10.2 Å². The van der Waals surface area contributed by atoms with Gasteiger partial charge in [-0.3, -0.25) is 9.69 Å². The molecule has 0 spiro atoms. The maximum Gasteiger partial charge on any atom is 0.270 e. The summed E-state index contributed by atoms with van der Waals surface area (Å²) in [5.41, 5.74) is 3.33. The van der Waals surface area contributed by atoms with Gasteiger partial charge in [-0.15, -0.1) is 11.3 Å². The first kappa shape index (κ1) is 17.5. The highest BCUT2D eigenvalue weighted by molar-refractivity contribution is 9.11. The van der Waals surface area contributed by atoms with E-state index in [0.717, 1.165) is 19.8 Å². The minimum absolute atomic E-state index is 0.0791. The first-order valence-corrected chi connectivity index (χ1v) is 10.4. The van der Waals surface area contributed by atoms with E-state index in [-0.39, 0.29) is 5.91 Å². The number of carbonyl (C=O) groups excluding carboxylic acids is 1. The van der Waals surface area contributed by atoms with E-state index in [1.807, 2.05) is 24.3 Å². The molecule has 0 bridgehead atoms. The molecule has 4 aromatic rings. The van der Waals surface area contributed by atoms with Gasteiger partial charge in [0.1, 0.15) is 5.76 Å². The lowest BCUT2D eigenvalue weighted by atomic mass is 10.1. The molecule has 0 saturated carbocycles. The summed E-state index contributed by atoms with van der Waals surface area (Å²) in [4.78, 5) is 20.2. The van der Waals surface area contributed by atoms with Crippen molar-refractivity contribution in [1.82, 2.24) is 4.98 Å². The van der Waals surface area contributed by atoms with Crippen LogP contribution in [0.1, 0.15) is 26.6 Å². The van der Waals surface area contributed by atoms with Crippen LogP contribution < -0.4 is 4.90 Å². The Morgan fingerprint density at radius 3 is 2.69 bits per heavy atom. The smallest absolute Gasteiger partial charge is 0.270 e. The molecule has 0 atom stereocenters. The molecule has 4 nitrogen and oxygen atoms in total. The van der Waals surface area contributed by atoms with Gasteiger partial charge in [0.25, 0.3) is 5.91 Å². The molecule has 0 fully saturated rings. The number of nitrogens with zero attached hydrogens (tertiary/aromatic N) is 2. The fourth-order valence-corrected chi connectivity index (χ4v) is 5.01. The van der Waals surface area contributed by atoms with Crippen LogP contribution in [0.15, 0.2) is 50.9 Å². The van der Waals surface area contributed by atoms with Gasteiger partial charge >= 0.3 is 0 Å². The number of anilines is 1. The third-order valence-electron chi connectivity index (χ3n) is 4.15. The Morgan fingerprint density at radius 1 is 1.19 bits per heavy atom. The number of rotatable bonds is 4. The zero-order valence-electron chi connectivity index (χ0n) is 14.2. The second-order valence-electron chi connectivity index (χ2n) is 5.98. The summed E-state index contributed by atoms with van der Waals surface area (Å²) >= 11 is 6.37. The number of halogens is 1. The van der Waals surface area contributed by atoms with Crippen molar-refractivity contribution in [3.63, 3.8) is 0 Å². The van der Waals surface area contributed by atoms with Gasteiger partial charge < -0.3 is 4.42 Å². The molecule has 7 heteroatoms. The molecule has 132 valence electrons. The number of fused-ring (bicyclic) bond motifs is 1. The molecular formula is C19H15BrN2O2S2. The van der Waals surface area contributed by atoms with E-state index in [2.05, 4.69) is 41.9 Å².